The van der Waals surface area contributed by atoms with Crippen molar-refractivity contribution in [1.82, 2.24) is 10.3 Å². The number of rotatable bonds is 5. The number of pyridine rings is 1. The molecule has 1 aliphatic rings. The molecule has 1 aromatic heterocycles. The minimum absolute atomic E-state index is 0.195. The van der Waals surface area contributed by atoms with Gasteiger partial charge in [0.15, 0.2) is 0 Å². The largest absolute Gasteiger partial charge is 0.300 e. The van der Waals surface area contributed by atoms with Gasteiger partial charge in [0.1, 0.15) is 0 Å². The Bertz CT molecular complexity index is 629. The van der Waals surface area contributed by atoms with E-state index in [1.165, 1.54) is 35.3 Å². The first-order chi connectivity index (χ1) is 11.3. The number of hydrogen-bond acceptors (Lipinski definition) is 3. The third-order valence-corrected chi connectivity index (χ3v) is 6.25. The SMILES string of the molecule is CCCCC1(CC)CSc2cnccc2C(c2ccccc2)N1. The van der Waals surface area contributed by atoms with Crippen LogP contribution in [0.3, 0.4) is 0 Å². The average molecular weight is 327 g/mol. The van der Waals surface area contributed by atoms with Gasteiger partial charge < -0.3 is 0 Å². The monoisotopic (exact) mass is 326 g/mol. The molecular weight excluding hydrogens is 300 g/mol. The van der Waals surface area contributed by atoms with Gasteiger partial charge >= 0.3 is 0 Å². The first-order valence-electron chi connectivity index (χ1n) is 8.67. The third kappa shape index (κ3) is 3.61. The van der Waals surface area contributed by atoms with E-state index in [9.17, 15) is 0 Å². The minimum Gasteiger partial charge on any atom is -0.300 e. The van der Waals surface area contributed by atoms with E-state index >= 15 is 0 Å². The summed E-state index contributed by atoms with van der Waals surface area (Å²) in [7, 11) is 0. The summed E-state index contributed by atoms with van der Waals surface area (Å²) in [5, 5.41) is 4.04. The molecule has 1 aromatic carbocycles. The second kappa shape index (κ2) is 7.50. The van der Waals surface area contributed by atoms with Gasteiger partial charge in [-0.2, -0.15) is 0 Å². The van der Waals surface area contributed by atoms with Gasteiger partial charge in [-0.15, -0.1) is 11.8 Å². The molecule has 0 fully saturated rings. The lowest BCUT2D eigenvalue weighted by Gasteiger charge is -2.36. The summed E-state index contributed by atoms with van der Waals surface area (Å²) in [6.45, 7) is 4.60. The highest BCUT2D eigenvalue weighted by Gasteiger charge is 2.35. The van der Waals surface area contributed by atoms with E-state index in [4.69, 9.17) is 0 Å². The molecule has 2 nitrogen and oxygen atoms in total. The van der Waals surface area contributed by atoms with E-state index in [1.807, 2.05) is 24.2 Å². The van der Waals surface area contributed by atoms with Crippen LogP contribution >= 0.6 is 11.8 Å². The Morgan fingerprint density at radius 3 is 2.78 bits per heavy atom. The summed E-state index contributed by atoms with van der Waals surface area (Å²) in [4.78, 5) is 5.68. The van der Waals surface area contributed by atoms with Crippen molar-refractivity contribution in [3.8, 4) is 0 Å². The smallest absolute Gasteiger partial charge is 0.0593 e. The molecule has 0 saturated heterocycles. The van der Waals surface area contributed by atoms with Gasteiger partial charge in [0.05, 0.1) is 6.04 Å². The number of unbranched alkanes of at least 4 members (excludes halogenated alkanes) is 1. The Labute approximate surface area is 144 Å². The van der Waals surface area contributed by atoms with Crippen LogP contribution in [0.4, 0.5) is 0 Å². The highest BCUT2D eigenvalue weighted by Crippen LogP contribution is 2.40. The Morgan fingerprint density at radius 2 is 2.04 bits per heavy atom. The zero-order valence-electron chi connectivity index (χ0n) is 14.1. The number of fused-ring (bicyclic) bond motifs is 1. The normalized spacial score (nSPS) is 24.0. The summed E-state index contributed by atoms with van der Waals surface area (Å²) in [6.07, 6.45) is 8.86. The van der Waals surface area contributed by atoms with Crippen LogP contribution in [0, 0.1) is 0 Å². The van der Waals surface area contributed by atoms with Crippen molar-refractivity contribution in [1.29, 1.82) is 0 Å². The Hall–Kier alpha value is -1.32. The van der Waals surface area contributed by atoms with Crippen LogP contribution < -0.4 is 5.32 Å². The Morgan fingerprint density at radius 1 is 1.22 bits per heavy atom. The first-order valence-corrected chi connectivity index (χ1v) is 9.66. The molecule has 122 valence electrons. The quantitative estimate of drug-likeness (QED) is 0.817. The van der Waals surface area contributed by atoms with Crippen LogP contribution in [-0.2, 0) is 0 Å². The van der Waals surface area contributed by atoms with Gasteiger partial charge in [0.25, 0.3) is 0 Å². The zero-order valence-corrected chi connectivity index (χ0v) is 14.9. The number of nitrogens with one attached hydrogen (secondary N) is 1. The van der Waals surface area contributed by atoms with Gasteiger partial charge in [-0.05, 0) is 30.0 Å². The first kappa shape index (κ1) is 16.5. The van der Waals surface area contributed by atoms with Crippen LogP contribution in [0.25, 0.3) is 0 Å². The lowest BCUT2D eigenvalue weighted by Crippen LogP contribution is -2.48. The van der Waals surface area contributed by atoms with Crippen molar-refractivity contribution < 1.29 is 0 Å². The van der Waals surface area contributed by atoms with E-state index in [0.29, 0.717) is 0 Å². The van der Waals surface area contributed by atoms with Crippen molar-refractivity contribution >= 4 is 11.8 Å². The molecule has 1 aliphatic heterocycles. The second-order valence-electron chi connectivity index (χ2n) is 6.43. The van der Waals surface area contributed by atoms with Crippen molar-refractivity contribution in [3.63, 3.8) is 0 Å². The van der Waals surface area contributed by atoms with Crippen molar-refractivity contribution in [2.75, 3.05) is 5.75 Å². The molecular formula is C20H26N2S. The van der Waals surface area contributed by atoms with E-state index in [0.717, 1.165) is 12.2 Å². The minimum atomic E-state index is 0.195. The second-order valence-corrected chi connectivity index (χ2v) is 7.44. The topological polar surface area (TPSA) is 24.9 Å². The standard InChI is InChI=1S/C20H26N2S/c1-3-5-12-20(4-2)15-23-18-14-21-13-11-17(18)19(22-20)16-9-7-6-8-10-16/h6-11,13-14,19,22H,3-5,12,15H2,1-2H3. The maximum Gasteiger partial charge on any atom is 0.0593 e. The van der Waals surface area contributed by atoms with Gasteiger partial charge in [-0.1, -0.05) is 57.0 Å². The Kier molecular flexibility index (Phi) is 5.39. The van der Waals surface area contributed by atoms with E-state index in [2.05, 4.69) is 60.5 Å². The van der Waals surface area contributed by atoms with Gasteiger partial charge in [0.2, 0.25) is 0 Å². The number of benzene rings is 1. The molecule has 1 N–H and O–H groups in total. The molecule has 3 heteroatoms. The summed E-state index contributed by atoms with van der Waals surface area (Å²) in [5.74, 6) is 1.12. The number of thioether (sulfide) groups is 1. The van der Waals surface area contributed by atoms with Crippen LogP contribution in [0.1, 0.15) is 56.7 Å². The molecule has 0 aliphatic carbocycles. The van der Waals surface area contributed by atoms with Crippen molar-refractivity contribution in [2.24, 2.45) is 0 Å². The van der Waals surface area contributed by atoms with Crippen LogP contribution in [0.5, 0.6) is 0 Å². The molecule has 2 aromatic rings. The summed E-state index contributed by atoms with van der Waals surface area (Å²) < 4.78 is 0. The molecule has 23 heavy (non-hydrogen) atoms. The van der Waals surface area contributed by atoms with Crippen LogP contribution in [-0.4, -0.2) is 16.3 Å². The van der Waals surface area contributed by atoms with Crippen LogP contribution in [0.15, 0.2) is 53.7 Å². The fourth-order valence-corrected chi connectivity index (χ4v) is 4.69. The fraction of sp³-hybridized carbons (Fsp3) is 0.450. The average Bonchev–Trinajstić information content (AvgIpc) is 2.79. The molecule has 2 heterocycles. The van der Waals surface area contributed by atoms with Gasteiger partial charge in [0, 0.05) is 28.6 Å². The van der Waals surface area contributed by atoms with E-state index in [1.54, 1.807) is 0 Å². The van der Waals surface area contributed by atoms with E-state index < -0.39 is 0 Å². The zero-order chi connectivity index (χ0) is 16.1. The molecule has 0 spiro atoms. The van der Waals surface area contributed by atoms with Gasteiger partial charge in [-0.3, -0.25) is 10.3 Å². The lowest BCUT2D eigenvalue weighted by atomic mass is 9.88. The number of nitrogens with zero attached hydrogens (tertiary/aromatic N) is 1. The maximum atomic E-state index is 4.35. The molecule has 2 unspecified atom stereocenters. The highest BCUT2D eigenvalue weighted by molar-refractivity contribution is 7.99. The summed E-state index contributed by atoms with van der Waals surface area (Å²) in [6, 6.07) is 13.3. The molecule has 2 atom stereocenters. The Balaban J connectivity index is 2.01. The predicted octanol–water partition coefficient (Wildman–Crippen LogP) is 5.21. The number of hydrogen-bond donors (Lipinski definition) is 1. The fourth-order valence-electron chi connectivity index (χ4n) is 3.34. The van der Waals surface area contributed by atoms with Crippen molar-refractivity contribution in [2.45, 2.75) is 56.0 Å². The third-order valence-electron chi connectivity index (χ3n) is 4.90. The molecule has 0 saturated carbocycles. The molecule has 0 radical (unpaired) electrons. The lowest BCUT2D eigenvalue weighted by molar-refractivity contribution is 0.298. The summed E-state index contributed by atoms with van der Waals surface area (Å²) in [5.41, 5.74) is 2.90. The predicted molar refractivity (Wildman–Crippen MR) is 98.9 cm³/mol. The summed E-state index contributed by atoms with van der Waals surface area (Å²) >= 11 is 1.96. The molecule has 0 amide bonds. The van der Waals surface area contributed by atoms with Crippen molar-refractivity contribution in [3.05, 3.63) is 59.9 Å². The van der Waals surface area contributed by atoms with E-state index in [-0.39, 0.29) is 11.6 Å². The molecule has 0 bridgehead atoms. The van der Waals surface area contributed by atoms with Gasteiger partial charge in [-0.25, -0.2) is 0 Å². The maximum absolute atomic E-state index is 4.35. The highest BCUT2D eigenvalue weighted by atomic mass is 32.2. The molecule has 3 rings (SSSR count). The van der Waals surface area contributed by atoms with Crippen LogP contribution in [0.2, 0.25) is 0 Å². The number of aromatic nitrogens is 1.